The van der Waals surface area contributed by atoms with Crippen LogP contribution < -0.4 is 5.56 Å². The van der Waals surface area contributed by atoms with Crippen molar-refractivity contribution in [3.63, 3.8) is 0 Å². The topological polar surface area (TPSA) is 73.8 Å². The van der Waals surface area contributed by atoms with Crippen LogP contribution in [0.1, 0.15) is 52.3 Å². The first-order chi connectivity index (χ1) is 12.4. The van der Waals surface area contributed by atoms with Crippen molar-refractivity contribution in [1.82, 2.24) is 19.7 Å². The van der Waals surface area contributed by atoms with Gasteiger partial charge in [-0.05, 0) is 18.6 Å². The molecule has 26 heavy (non-hydrogen) atoms. The molecular formula is C19H24N4O2S. The lowest BCUT2D eigenvalue weighted by Gasteiger charge is -2.12. The van der Waals surface area contributed by atoms with E-state index in [1.807, 2.05) is 45.0 Å². The minimum absolute atomic E-state index is 0.00930. The summed E-state index contributed by atoms with van der Waals surface area (Å²) < 4.78 is 7.11. The van der Waals surface area contributed by atoms with Gasteiger partial charge in [-0.2, -0.15) is 4.98 Å². The highest BCUT2D eigenvalue weighted by atomic mass is 32.2. The van der Waals surface area contributed by atoms with Crippen LogP contribution in [0.4, 0.5) is 0 Å². The molecule has 6 nitrogen and oxygen atoms in total. The van der Waals surface area contributed by atoms with Gasteiger partial charge in [-0.1, -0.05) is 63.2 Å². The van der Waals surface area contributed by atoms with Crippen molar-refractivity contribution >= 4 is 22.7 Å². The second-order valence-corrected chi connectivity index (χ2v) is 8.22. The molecule has 3 aromatic rings. The minimum atomic E-state index is -0.180. The van der Waals surface area contributed by atoms with Gasteiger partial charge in [-0.25, -0.2) is 4.98 Å². The summed E-state index contributed by atoms with van der Waals surface area (Å²) in [4.78, 5) is 22.0. The summed E-state index contributed by atoms with van der Waals surface area (Å²) in [7, 11) is 0. The van der Waals surface area contributed by atoms with E-state index in [0.717, 1.165) is 18.4 Å². The highest BCUT2D eigenvalue weighted by Gasteiger charge is 2.22. The Morgan fingerprint density at radius 3 is 2.65 bits per heavy atom. The van der Waals surface area contributed by atoms with Gasteiger partial charge in [-0.15, -0.1) is 0 Å². The van der Waals surface area contributed by atoms with Gasteiger partial charge in [-0.3, -0.25) is 9.36 Å². The van der Waals surface area contributed by atoms with Gasteiger partial charge in [0.25, 0.3) is 5.56 Å². The summed E-state index contributed by atoms with van der Waals surface area (Å²) in [5.74, 6) is 1.74. The van der Waals surface area contributed by atoms with Crippen LogP contribution in [0.15, 0.2) is 38.7 Å². The van der Waals surface area contributed by atoms with Crippen LogP contribution in [0, 0.1) is 0 Å². The number of nitrogens with zero attached hydrogens (tertiary/aromatic N) is 4. The van der Waals surface area contributed by atoms with E-state index >= 15 is 0 Å². The number of unbranched alkanes of at least 4 members (excludes halogenated alkanes) is 1. The number of rotatable bonds is 6. The van der Waals surface area contributed by atoms with Gasteiger partial charge in [0, 0.05) is 12.0 Å². The van der Waals surface area contributed by atoms with E-state index in [9.17, 15) is 4.79 Å². The van der Waals surface area contributed by atoms with Crippen molar-refractivity contribution in [3.05, 3.63) is 46.3 Å². The van der Waals surface area contributed by atoms with Gasteiger partial charge in [0.15, 0.2) is 11.0 Å². The zero-order valence-corrected chi connectivity index (χ0v) is 16.5. The first kappa shape index (κ1) is 18.6. The lowest BCUT2D eigenvalue weighted by Crippen LogP contribution is -2.23. The molecule has 0 saturated heterocycles. The molecule has 138 valence electrons. The van der Waals surface area contributed by atoms with Crippen molar-refractivity contribution in [2.45, 2.75) is 63.4 Å². The number of benzene rings is 1. The first-order valence-corrected chi connectivity index (χ1v) is 9.84. The predicted molar refractivity (Wildman–Crippen MR) is 103 cm³/mol. The van der Waals surface area contributed by atoms with Crippen LogP contribution >= 0.6 is 11.8 Å². The maximum absolute atomic E-state index is 12.9. The van der Waals surface area contributed by atoms with E-state index in [0.29, 0.717) is 34.6 Å². The lowest BCUT2D eigenvalue weighted by molar-refractivity contribution is 0.319. The molecule has 2 heterocycles. The van der Waals surface area contributed by atoms with Crippen molar-refractivity contribution in [3.8, 4) is 0 Å². The van der Waals surface area contributed by atoms with E-state index in [1.165, 1.54) is 11.8 Å². The molecule has 1 aromatic carbocycles. The average Bonchev–Trinajstić information content (AvgIpc) is 3.09. The third kappa shape index (κ3) is 3.98. The molecule has 0 fully saturated rings. The van der Waals surface area contributed by atoms with Gasteiger partial charge in [0.2, 0.25) is 5.89 Å². The second kappa shape index (κ2) is 7.61. The maximum atomic E-state index is 12.9. The first-order valence-electron chi connectivity index (χ1n) is 8.85. The number of aromatic nitrogens is 4. The largest absolute Gasteiger partial charge is 0.339 e. The van der Waals surface area contributed by atoms with Crippen LogP contribution in [-0.4, -0.2) is 19.7 Å². The zero-order valence-electron chi connectivity index (χ0n) is 15.7. The van der Waals surface area contributed by atoms with Crippen molar-refractivity contribution in [2.24, 2.45) is 0 Å². The number of hydrogen-bond donors (Lipinski definition) is 0. The Hall–Kier alpha value is -2.15. The Balaban J connectivity index is 1.90. The molecule has 2 aromatic heterocycles. The monoisotopic (exact) mass is 372 g/mol. The Morgan fingerprint density at radius 1 is 1.19 bits per heavy atom. The fraction of sp³-hybridized carbons (Fsp3) is 0.474. The van der Waals surface area contributed by atoms with E-state index in [4.69, 9.17) is 9.51 Å². The van der Waals surface area contributed by atoms with Crippen LogP contribution in [0.25, 0.3) is 10.9 Å². The molecule has 7 heteroatoms. The summed E-state index contributed by atoms with van der Waals surface area (Å²) in [5.41, 5.74) is 0.548. The molecule has 0 bridgehead atoms. The fourth-order valence-corrected chi connectivity index (χ4v) is 3.39. The molecule has 0 aliphatic rings. The van der Waals surface area contributed by atoms with E-state index in [1.54, 1.807) is 4.57 Å². The molecule has 0 radical (unpaired) electrons. The van der Waals surface area contributed by atoms with Crippen LogP contribution in [0.2, 0.25) is 0 Å². The maximum Gasteiger partial charge on any atom is 0.262 e. The Bertz CT molecular complexity index is 956. The summed E-state index contributed by atoms with van der Waals surface area (Å²) >= 11 is 1.47. The van der Waals surface area contributed by atoms with Gasteiger partial charge >= 0.3 is 0 Å². The smallest absolute Gasteiger partial charge is 0.262 e. The van der Waals surface area contributed by atoms with Crippen molar-refractivity contribution < 1.29 is 4.52 Å². The minimum Gasteiger partial charge on any atom is -0.339 e. The van der Waals surface area contributed by atoms with E-state index < -0.39 is 0 Å². The molecule has 0 atom stereocenters. The van der Waals surface area contributed by atoms with Gasteiger partial charge < -0.3 is 4.52 Å². The van der Waals surface area contributed by atoms with Gasteiger partial charge in [0.05, 0.1) is 16.7 Å². The summed E-state index contributed by atoms with van der Waals surface area (Å²) in [6.07, 6.45) is 1.95. The average molecular weight is 372 g/mol. The van der Waals surface area contributed by atoms with Crippen molar-refractivity contribution in [2.75, 3.05) is 0 Å². The number of fused-ring (bicyclic) bond motifs is 1. The highest BCUT2D eigenvalue weighted by molar-refractivity contribution is 7.98. The SMILES string of the molecule is CCCCn1c(SCc2noc(C(C)(C)C)n2)nc2ccccc2c1=O. The van der Waals surface area contributed by atoms with Crippen LogP contribution in [0.5, 0.6) is 0 Å². The van der Waals surface area contributed by atoms with E-state index in [-0.39, 0.29) is 11.0 Å². The van der Waals surface area contributed by atoms with E-state index in [2.05, 4.69) is 17.1 Å². The number of hydrogen-bond acceptors (Lipinski definition) is 6. The fourth-order valence-electron chi connectivity index (χ4n) is 2.52. The van der Waals surface area contributed by atoms with Crippen LogP contribution in [0.3, 0.4) is 0 Å². The van der Waals surface area contributed by atoms with Crippen LogP contribution in [-0.2, 0) is 17.7 Å². The molecule has 0 amide bonds. The van der Waals surface area contributed by atoms with Gasteiger partial charge in [0.1, 0.15) is 0 Å². The molecule has 0 aliphatic heterocycles. The number of para-hydroxylation sites is 1. The molecule has 0 N–H and O–H groups in total. The zero-order chi connectivity index (χ0) is 18.7. The molecule has 0 spiro atoms. The Morgan fingerprint density at radius 2 is 1.96 bits per heavy atom. The number of thioether (sulfide) groups is 1. The predicted octanol–water partition coefficient (Wildman–Crippen LogP) is 4.17. The summed E-state index contributed by atoms with van der Waals surface area (Å²) in [6.45, 7) is 8.87. The Labute approximate surface area is 157 Å². The third-order valence-corrected chi connectivity index (χ3v) is 4.97. The summed E-state index contributed by atoms with van der Waals surface area (Å²) in [6, 6.07) is 7.47. The molecule has 3 rings (SSSR count). The highest BCUT2D eigenvalue weighted by Crippen LogP contribution is 2.24. The molecular weight excluding hydrogens is 348 g/mol. The normalized spacial score (nSPS) is 12.0. The van der Waals surface area contributed by atoms with Crippen molar-refractivity contribution in [1.29, 1.82) is 0 Å². The molecule has 0 saturated carbocycles. The quantitative estimate of drug-likeness (QED) is 0.478. The lowest BCUT2D eigenvalue weighted by atomic mass is 9.97. The second-order valence-electron chi connectivity index (χ2n) is 7.28. The standard InChI is InChI=1S/C19H24N4O2S/c1-5-6-11-23-16(24)13-9-7-8-10-14(13)20-18(23)26-12-15-21-17(25-22-15)19(2,3)4/h7-10H,5-6,11-12H2,1-4H3. The Kier molecular flexibility index (Phi) is 5.46. The molecule has 0 aliphatic carbocycles. The summed E-state index contributed by atoms with van der Waals surface area (Å²) in [5, 5.41) is 5.41. The molecule has 0 unspecified atom stereocenters. The third-order valence-electron chi connectivity index (χ3n) is 4.00.